The molecule has 0 aromatic heterocycles. The van der Waals surface area contributed by atoms with Gasteiger partial charge in [0, 0.05) is 24.8 Å². The Balaban J connectivity index is -0.000000720. The number of aliphatic carboxylic acids is 3. The molecule has 0 aliphatic carbocycles. The van der Waals surface area contributed by atoms with Crippen molar-refractivity contribution in [3.8, 4) is 0 Å². The fourth-order valence-electron chi connectivity index (χ4n) is 0.684. The van der Waals surface area contributed by atoms with Crippen molar-refractivity contribution in [1.29, 1.82) is 0 Å². The summed E-state index contributed by atoms with van der Waals surface area (Å²) in [6.07, 6.45) is -2.72. The number of rotatable bonds is 5. The van der Waals surface area contributed by atoms with Gasteiger partial charge < -0.3 is 34.8 Å². The molecule has 0 aromatic carbocycles. The van der Waals surface area contributed by atoms with E-state index in [4.69, 9.17) is 5.11 Å². The molecule has 1 N–H and O–H groups in total. The van der Waals surface area contributed by atoms with E-state index in [1.165, 1.54) is 0 Å². The maximum absolute atomic E-state index is 10.1. The minimum Gasteiger partial charge on any atom is -0.550 e. The topological polar surface area (TPSA) is 141 Å². The number of carboxylic acids is 3. The van der Waals surface area contributed by atoms with E-state index >= 15 is 0 Å². The van der Waals surface area contributed by atoms with Crippen LogP contribution in [0.5, 0.6) is 0 Å². The Morgan fingerprint density at radius 3 is 1.40 bits per heavy atom. The third-order valence-corrected chi connectivity index (χ3v) is 1.25. The van der Waals surface area contributed by atoms with Crippen LogP contribution in [0.15, 0.2) is 0 Å². The molecule has 0 heterocycles. The number of carboxylic acid groups (broad SMARTS) is 3. The van der Waals surface area contributed by atoms with Crippen LogP contribution in [0.2, 0.25) is 0 Å². The molecular weight excluding hydrogens is 308 g/mol. The second kappa shape index (κ2) is 7.74. The van der Waals surface area contributed by atoms with Crippen molar-refractivity contribution in [1.82, 2.24) is 0 Å². The first kappa shape index (κ1) is 20.0. The molecule has 0 saturated heterocycles. The first-order valence-corrected chi connectivity index (χ1v) is 3.11. The molecule has 82 valence electrons. The van der Waals surface area contributed by atoms with E-state index in [1.54, 1.807) is 0 Å². The van der Waals surface area contributed by atoms with Crippen molar-refractivity contribution >= 4 is 17.9 Å². The minimum atomic E-state index is -2.97. The molecule has 15 heavy (non-hydrogen) atoms. The van der Waals surface area contributed by atoms with Gasteiger partial charge in [-0.25, -0.2) is 0 Å². The molecule has 0 amide bonds. The number of hydrogen-bond acceptors (Lipinski definition) is 7. The van der Waals surface area contributed by atoms with Gasteiger partial charge in [-0.05, 0) is 0 Å². The van der Waals surface area contributed by atoms with Crippen molar-refractivity contribution in [2.75, 3.05) is 0 Å². The summed E-state index contributed by atoms with van der Waals surface area (Å²) >= 11 is 0. The summed E-state index contributed by atoms with van der Waals surface area (Å²) in [7, 11) is 0. The number of carbonyl (C=O) groups excluding carboxylic acids is 3. The Labute approximate surface area is 107 Å². The molecule has 0 fully saturated rings. The second-order valence-corrected chi connectivity index (χ2v) is 2.42. The molecule has 7 nitrogen and oxygen atoms in total. The van der Waals surface area contributed by atoms with Crippen molar-refractivity contribution in [2.24, 2.45) is 0 Å². The Morgan fingerprint density at radius 1 is 1.00 bits per heavy atom. The maximum atomic E-state index is 10.1. The van der Waals surface area contributed by atoms with Crippen LogP contribution in [0, 0.1) is 0 Å². The predicted octanol–water partition coefficient (Wildman–Crippen LogP) is -5.26. The van der Waals surface area contributed by atoms with E-state index < -0.39 is 36.4 Å². The summed E-state index contributed by atoms with van der Waals surface area (Å²) in [4.78, 5) is 30.0. The zero-order valence-electron chi connectivity index (χ0n) is 7.33. The van der Waals surface area contributed by atoms with E-state index in [-0.39, 0.29) is 36.0 Å². The molecule has 0 atom stereocenters. The zero-order chi connectivity index (χ0) is 10.6. The van der Waals surface area contributed by atoms with Gasteiger partial charge in [-0.2, -0.15) is 0 Å². The van der Waals surface area contributed by atoms with Crippen LogP contribution < -0.4 is 15.3 Å². The van der Waals surface area contributed by atoms with E-state index in [2.05, 4.69) is 0 Å². The molecule has 0 aromatic rings. The van der Waals surface area contributed by atoms with Crippen molar-refractivity contribution in [2.45, 2.75) is 18.4 Å². The molecule has 0 unspecified atom stereocenters. The third-order valence-electron chi connectivity index (χ3n) is 1.25. The van der Waals surface area contributed by atoms with E-state index in [1.807, 2.05) is 0 Å². The van der Waals surface area contributed by atoms with Gasteiger partial charge in [0.1, 0.15) is 5.60 Å². The van der Waals surface area contributed by atoms with Crippen molar-refractivity contribution < 1.29 is 70.8 Å². The van der Waals surface area contributed by atoms with Gasteiger partial charge in [-0.15, -0.1) is 0 Å². The number of aliphatic hydroxyl groups is 1. The quantitative estimate of drug-likeness (QED) is 0.500. The summed E-state index contributed by atoms with van der Waals surface area (Å²) in [5, 5.41) is 38.9. The van der Waals surface area contributed by atoms with Gasteiger partial charge in [-0.3, -0.25) is 0 Å². The van der Waals surface area contributed by atoms with Crippen LogP contribution >= 0.6 is 0 Å². The van der Waals surface area contributed by atoms with Crippen LogP contribution in [0.3, 0.4) is 0 Å². The Kier molecular flexibility index (Phi) is 10.3. The average Bonchev–Trinajstić information content (AvgIpc) is 1.82. The predicted molar refractivity (Wildman–Crippen MR) is 29.2 cm³/mol. The molecular formula is C6H5NiO7Zn+. The summed E-state index contributed by atoms with van der Waals surface area (Å²) < 4.78 is 0. The van der Waals surface area contributed by atoms with Crippen LogP contribution in [0.1, 0.15) is 12.8 Å². The Morgan fingerprint density at radius 2 is 1.27 bits per heavy atom. The molecule has 0 spiro atoms. The van der Waals surface area contributed by atoms with Crippen molar-refractivity contribution in [3.05, 3.63) is 0 Å². The SMILES string of the molecule is O=C([O-])CC(O)(CC(=O)[O-])C(=O)[O-].[Ni+2].[Zn+2]. The van der Waals surface area contributed by atoms with Gasteiger partial charge >= 0.3 is 36.0 Å². The van der Waals surface area contributed by atoms with Crippen molar-refractivity contribution in [3.63, 3.8) is 0 Å². The van der Waals surface area contributed by atoms with Gasteiger partial charge in [0.05, 0.1) is 5.97 Å². The first-order valence-electron chi connectivity index (χ1n) is 3.11. The second-order valence-electron chi connectivity index (χ2n) is 2.42. The van der Waals surface area contributed by atoms with Crippen LogP contribution in [0.4, 0.5) is 0 Å². The van der Waals surface area contributed by atoms with Gasteiger partial charge in [-0.1, -0.05) is 0 Å². The van der Waals surface area contributed by atoms with E-state index in [9.17, 15) is 29.7 Å². The Hall–Kier alpha value is -0.513. The fraction of sp³-hybridized carbons (Fsp3) is 0.500. The molecule has 0 saturated carbocycles. The van der Waals surface area contributed by atoms with Gasteiger partial charge in [0.25, 0.3) is 0 Å². The molecule has 0 rings (SSSR count). The molecule has 9 heteroatoms. The van der Waals surface area contributed by atoms with E-state index in [0.29, 0.717) is 0 Å². The normalized spacial score (nSPS) is 9.40. The first-order chi connectivity index (χ1) is 5.78. The van der Waals surface area contributed by atoms with E-state index in [0.717, 1.165) is 0 Å². The molecule has 0 bridgehead atoms. The summed E-state index contributed by atoms with van der Waals surface area (Å²) in [5.74, 6) is -5.98. The third kappa shape index (κ3) is 7.42. The fourth-order valence-corrected chi connectivity index (χ4v) is 0.684. The average molecular weight is 313 g/mol. The summed E-state index contributed by atoms with van der Waals surface area (Å²) in [6, 6.07) is 0. The largest absolute Gasteiger partial charge is 2.00 e. The smallest absolute Gasteiger partial charge is 0.550 e. The zero-order valence-corrected chi connectivity index (χ0v) is 11.3. The maximum Gasteiger partial charge on any atom is 2.00 e. The number of hydrogen-bond donors (Lipinski definition) is 1. The van der Waals surface area contributed by atoms with Crippen LogP contribution in [-0.4, -0.2) is 28.6 Å². The number of carbonyl (C=O) groups is 3. The minimum absolute atomic E-state index is 0. The van der Waals surface area contributed by atoms with Crippen LogP contribution in [-0.2, 0) is 50.4 Å². The molecule has 0 radical (unpaired) electrons. The van der Waals surface area contributed by atoms with Crippen LogP contribution in [0.25, 0.3) is 0 Å². The van der Waals surface area contributed by atoms with Gasteiger partial charge in [0.15, 0.2) is 0 Å². The van der Waals surface area contributed by atoms with Gasteiger partial charge in [0.2, 0.25) is 0 Å². The monoisotopic (exact) mass is 311 g/mol. The summed E-state index contributed by atoms with van der Waals surface area (Å²) in [5.41, 5.74) is -2.97. The summed E-state index contributed by atoms with van der Waals surface area (Å²) in [6.45, 7) is 0. The standard InChI is InChI=1S/C6H8O7.Ni.Zn/c7-3(8)1-6(13,5(11)12)2-4(9)10;;/h13H,1-2H2,(H,7,8)(H,9,10)(H,11,12);;/q;2*+2/p-3. The molecule has 0 aliphatic rings. The Bertz CT molecular complexity index is 238. The molecule has 0 aliphatic heterocycles.